The van der Waals surface area contributed by atoms with Crippen molar-refractivity contribution in [3.63, 3.8) is 0 Å². The highest BCUT2D eigenvalue weighted by atomic mass is 32.2. The summed E-state index contributed by atoms with van der Waals surface area (Å²) in [5.74, 6) is -1.34. The highest BCUT2D eigenvalue weighted by Gasteiger charge is 2.32. The highest BCUT2D eigenvalue weighted by Crippen LogP contribution is 2.33. The first kappa shape index (κ1) is 20.9. The minimum Gasteiger partial charge on any atom is -0.452 e. The predicted molar refractivity (Wildman–Crippen MR) is 108 cm³/mol. The third-order valence-electron chi connectivity index (χ3n) is 4.80. The van der Waals surface area contributed by atoms with Gasteiger partial charge < -0.3 is 4.42 Å². The van der Waals surface area contributed by atoms with E-state index in [1.165, 1.54) is 0 Å². The SMILES string of the molecule is O=C(c1ccccc1)c1oc2ccccc2c1CS(=O)(=O)c1cccc(C(F)(F)F)c1. The van der Waals surface area contributed by atoms with Gasteiger partial charge in [0.1, 0.15) is 5.58 Å². The van der Waals surface area contributed by atoms with Crippen LogP contribution in [0.4, 0.5) is 13.2 Å². The number of alkyl halides is 3. The molecule has 0 unspecified atom stereocenters. The molecule has 31 heavy (non-hydrogen) atoms. The molecule has 0 aliphatic rings. The second-order valence-corrected chi connectivity index (χ2v) is 8.88. The van der Waals surface area contributed by atoms with Gasteiger partial charge in [0.2, 0.25) is 5.78 Å². The van der Waals surface area contributed by atoms with E-state index in [1.54, 1.807) is 54.6 Å². The van der Waals surface area contributed by atoms with Crippen molar-refractivity contribution in [1.82, 2.24) is 0 Å². The Labute approximate surface area is 175 Å². The summed E-state index contributed by atoms with van der Waals surface area (Å²) in [5.41, 5.74) is -0.330. The van der Waals surface area contributed by atoms with Crippen LogP contribution in [-0.2, 0) is 21.8 Å². The Bertz CT molecular complexity index is 1370. The average Bonchev–Trinajstić information content (AvgIpc) is 3.11. The van der Waals surface area contributed by atoms with Gasteiger partial charge in [0.15, 0.2) is 15.6 Å². The number of sulfone groups is 1. The number of hydrogen-bond acceptors (Lipinski definition) is 4. The zero-order chi connectivity index (χ0) is 22.2. The second-order valence-electron chi connectivity index (χ2n) is 6.89. The van der Waals surface area contributed by atoms with E-state index in [0.717, 1.165) is 18.2 Å². The zero-order valence-corrected chi connectivity index (χ0v) is 16.7. The van der Waals surface area contributed by atoms with Gasteiger partial charge in [-0.2, -0.15) is 13.2 Å². The van der Waals surface area contributed by atoms with Gasteiger partial charge in [-0.1, -0.05) is 54.6 Å². The minimum atomic E-state index is -4.68. The fourth-order valence-electron chi connectivity index (χ4n) is 3.29. The molecular weight excluding hydrogens is 429 g/mol. The lowest BCUT2D eigenvalue weighted by Crippen LogP contribution is -2.11. The van der Waals surface area contributed by atoms with E-state index >= 15 is 0 Å². The summed E-state index contributed by atoms with van der Waals surface area (Å²) in [6, 6.07) is 18.3. The summed E-state index contributed by atoms with van der Waals surface area (Å²) in [7, 11) is -4.21. The standard InChI is InChI=1S/C23H15F3O4S/c24-23(25,26)16-9-6-10-17(13-16)31(28,29)14-19-18-11-4-5-12-20(18)30-22(19)21(27)15-7-2-1-3-8-15/h1-13H,14H2. The van der Waals surface area contributed by atoms with E-state index in [9.17, 15) is 26.4 Å². The van der Waals surface area contributed by atoms with Crippen LogP contribution in [0.1, 0.15) is 27.2 Å². The van der Waals surface area contributed by atoms with E-state index in [4.69, 9.17) is 4.42 Å². The third-order valence-corrected chi connectivity index (χ3v) is 6.44. The Morgan fingerprint density at radius 3 is 2.26 bits per heavy atom. The van der Waals surface area contributed by atoms with Crippen LogP contribution < -0.4 is 0 Å². The van der Waals surface area contributed by atoms with Crippen LogP contribution in [0.2, 0.25) is 0 Å². The smallest absolute Gasteiger partial charge is 0.416 e. The molecule has 0 aliphatic carbocycles. The number of ketones is 1. The third kappa shape index (κ3) is 4.11. The monoisotopic (exact) mass is 444 g/mol. The molecule has 0 N–H and O–H groups in total. The molecule has 0 saturated carbocycles. The van der Waals surface area contributed by atoms with Crippen LogP contribution in [0.5, 0.6) is 0 Å². The van der Waals surface area contributed by atoms with Gasteiger partial charge in [0.05, 0.1) is 16.2 Å². The highest BCUT2D eigenvalue weighted by molar-refractivity contribution is 7.90. The molecule has 4 aromatic rings. The number of furan rings is 1. The molecule has 0 fully saturated rings. The predicted octanol–water partition coefficient (Wildman–Crippen LogP) is 5.66. The summed E-state index contributed by atoms with van der Waals surface area (Å²) in [6.45, 7) is 0. The molecule has 1 heterocycles. The fourth-order valence-corrected chi connectivity index (χ4v) is 4.71. The molecule has 158 valence electrons. The maximum atomic E-state index is 13.0. The summed E-state index contributed by atoms with van der Waals surface area (Å²) < 4.78 is 70.8. The summed E-state index contributed by atoms with van der Waals surface area (Å²) in [5, 5.41) is 0.414. The number of hydrogen-bond donors (Lipinski definition) is 0. The Balaban J connectivity index is 1.82. The van der Waals surface area contributed by atoms with Crippen molar-refractivity contribution in [2.45, 2.75) is 16.8 Å². The molecule has 0 aliphatic heterocycles. The van der Waals surface area contributed by atoms with Gasteiger partial charge in [0.25, 0.3) is 0 Å². The quantitative estimate of drug-likeness (QED) is 0.373. The number of para-hydroxylation sites is 1. The van der Waals surface area contributed by atoms with Gasteiger partial charge in [-0.25, -0.2) is 8.42 Å². The second kappa shape index (κ2) is 7.70. The Kier molecular flexibility index (Phi) is 5.18. The van der Waals surface area contributed by atoms with E-state index in [-0.39, 0.29) is 11.3 Å². The summed E-state index contributed by atoms with van der Waals surface area (Å²) in [4.78, 5) is 12.5. The average molecular weight is 444 g/mol. The molecule has 3 aromatic carbocycles. The largest absolute Gasteiger partial charge is 0.452 e. The Hall–Kier alpha value is -3.39. The van der Waals surface area contributed by atoms with Crippen molar-refractivity contribution in [1.29, 1.82) is 0 Å². The van der Waals surface area contributed by atoms with Crippen molar-refractivity contribution in [2.24, 2.45) is 0 Å². The fraction of sp³-hybridized carbons (Fsp3) is 0.0870. The van der Waals surface area contributed by atoms with Gasteiger partial charge in [-0.3, -0.25) is 4.79 Å². The number of carbonyl (C=O) groups is 1. The first-order valence-electron chi connectivity index (χ1n) is 9.17. The van der Waals surface area contributed by atoms with Crippen LogP contribution in [0.15, 0.2) is 88.2 Å². The Morgan fingerprint density at radius 1 is 0.871 bits per heavy atom. The maximum Gasteiger partial charge on any atom is 0.416 e. The molecular formula is C23H15F3O4S. The van der Waals surface area contributed by atoms with Crippen LogP contribution >= 0.6 is 0 Å². The van der Waals surface area contributed by atoms with Gasteiger partial charge in [0, 0.05) is 16.5 Å². The summed E-state index contributed by atoms with van der Waals surface area (Å²) in [6.07, 6.45) is -4.68. The van der Waals surface area contributed by atoms with Crippen molar-refractivity contribution in [2.75, 3.05) is 0 Å². The van der Waals surface area contributed by atoms with Crippen LogP contribution in [0, 0.1) is 0 Å². The van der Waals surface area contributed by atoms with Crippen molar-refractivity contribution >= 4 is 26.6 Å². The van der Waals surface area contributed by atoms with Crippen molar-refractivity contribution < 1.29 is 30.8 Å². The normalized spacial score (nSPS) is 12.2. The lowest BCUT2D eigenvalue weighted by Gasteiger charge is -2.10. The van der Waals surface area contributed by atoms with Crippen molar-refractivity contribution in [3.8, 4) is 0 Å². The van der Waals surface area contributed by atoms with E-state index in [2.05, 4.69) is 0 Å². The topological polar surface area (TPSA) is 64.3 Å². The number of rotatable bonds is 5. The van der Waals surface area contributed by atoms with Crippen LogP contribution in [0.3, 0.4) is 0 Å². The zero-order valence-electron chi connectivity index (χ0n) is 15.9. The number of halogens is 3. The molecule has 0 bridgehead atoms. The maximum absolute atomic E-state index is 13.0. The molecule has 4 rings (SSSR count). The first-order valence-corrected chi connectivity index (χ1v) is 10.8. The van der Waals surface area contributed by atoms with E-state index in [1.807, 2.05) is 0 Å². The van der Waals surface area contributed by atoms with Crippen LogP contribution in [0.25, 0.3) is 11.0 Å². The molecule has 0 amide bonds. The molecule has 1 aromatic heterocycles. The lowest BCUT2D eigenvalue weighted by atomic mass is 10.0. The molecule has 0 saturated heterocycles. The number of carbonyl (C=O) groups excluding carboxylic acids is 1. The van der Waals surface area contributed by atoms with Gasteiger partial charge >= 0.3 is 6.18 Å². The van der Waals surface area contributed by atoms with Crippen LogP contribution in [-0.4, -0.2) is 14.2 Å². The lowest BCUT2D eigenvalue weighted by molar-refractivity contribution is -0.137. The number of fused-ring (bicyclic) bond motifs is 1. The van der Waals surface area contributed by atoms with E-state index in [0.29, 0.717) is 22.6 Å². The minimum absolute atomic E-state index is 0.113. The molecule has 0 radical (unpaired) electrons. The molecule has 0 atom stereocenters. The Morgan fingerprint density at radius 2 is 1.55 bits per heavy atom. The summed E-state index contributed by atoms with van der Waals surface area (Å²) >= 11 is 0. The molecule has 0 spiro atoms. The number of benzene rings is 3. The molecule has 8 heteroatoms. The van der Waals surface area contributed by atoms with Gasteiger partial charge in [-0.15, -0.1) is 0 Å². The molecule has 4 nitrogen and oxygen atoms in total. The van der Waals surface area contributed by atoms with E-state index < -0.39 is 38.0 Å². The van der Waals surface area contributed by atoms with Gasteiger partial charge in [-0.05, 0) is 24.3 Å². The first-order chi connectivity index (χ1) is 14.7. The van der Waals surface area contributed by atoms with Crippen molar-refractivity contribution in [3.05, 3.63) is 101 Å².